The maximum atomic E-state index is 12.5. The van der Waals surface area contributed by atoms with E-state index in [1.165, 1.54) is 14.2 Å². The van der Waals surface area contributed by atoms with Crippen LogP contribution < -0.4 is 25.0 Å². The van der Waals surface area contributed by atoms with E-state index in [4.69, 9.17) is 14.2 Å². The predicted molar refractivity (Wildman–Crippen MR) is 131 cm³/mol. The van der Waals surface area contributed by atoms with Crippen LogP contribution in [0, 0.1) is 6.92 Å². The zero-order valence-corrected chi connectivity index (χ0v) is 19.7. The molecule has 9 nitrogen and oxygen atoms in total. The topological polar surface area (TPSA) is 115 Å². The Morgan fingerprint density at radius 1 is 0.771 bits per heavy atom. The number of hydrogen-bond donors (Lipinski definition) is 2. The van der Waals surface area contributed by atoms with Crippen molar-refractivity contribution in [3.63, 3.8) is 0 Å². The van der Waals surface area contributed by atoms with E-state index in [1.54, 1.807) is 61.5 Å². The number of methoxy groups -OCH3 is 2. The first-order chi connectivity index (χ1) is 16.8. The molecule has 0 aromatic heterocycles. The van der Waals surface area contributed by atoms with E-state index in [0.717, 1.165) is 5.56 Å². The Morgan fingerprint density at radius 2 is 1.43 bits per heavy atom. The smallest absolute Gasteiger partial charge is 0.343 e. The van der Waals surface area contributed by atoms with Gasteiger partial charge in [-0.3, -0.25) is 9.59 Å². The Bertz CT molecular complexity index is 1250. The van der Waals surface area contributed by atoms with Gasteiger partial charge in [-0.05, 0) is 68.4 Å². The molecule has 9 heteroatoms. The SMILES string of the molecule is COc1ccc(C(=O)Oc2ccc(/C(C)=N/NC(=O)C(=O)Nc3ccc(C)cc3)cc2OC)cc1. The van der Waals surface area contributed by atoms with Gasteiger partial charge in [-0.2, -0.15) is 5.10 Å². The summed E-state index contributed by atoms with van der Waals surface area (Å²) in [6.45, 7) is 3.57. The number of nitrogens with zero attached hydrogens (tertiary/aromatic N) is 1. The number of esters is 1. The van der Waals surface area contributed by atoms with E-state index in [1.807, 2.05) is 19.1 Å². The number of amides is 2. The van der Waals surface area contributed by atoms with Gasteiger partial charge in [0.15, 0.2) is 11.5 Å². The average molecular weight is 476 g/mol. The molecule has 0 bridgehead atoms. The minimum Gasteiger partial charge on any atom is -0.497 e. The fourth-order valence-electron chi connectivity index (χ4n) is 2.94. The van der Waals surface area contributed by atoms with E-state index in [0.29, 0.717) is 34.0 Å². The van der Waals surface area contributed by atoms with Crippen LogP contribution in [-0.2, 0) is 9.59 Å². The molecule has 0 spiro atoms. The van der Waals surface area contributed by atoms with Gasteiger partial charge in [-0.25, -0.2) is 10.2 Å². The molecule has 0 heterocycles. The second-order valence-electron chi connectivity index (χ2n) is 7.44. The van der Waals surface area contributed by atoms with Crippen LogP contribution in [0.3, 0.4) is 0 Å². The highest BCUT2D eigenvalue weighted by Gasteiger charge is 2.16. The lowest BCUT2D eigenvalue weighted by Crippen LogP contribution is -2.32. The van der Waals surface area contributed by atoms with Crippen LogP contribution in [0.5, 0.6) is 17.2 Å². The Labute approximate surface area is 202 Å². The third kappa shape index (κ3) is 6.67. The van der Waals surface area contributed by atoms with Crippen LogP contribution in [-0.4, -0.2) is 37.7 Å². The van der Waals surface area contributed by atoms with Crippen LogP contribution in [0.25, 0.3) is 0 Å². The quantitative estimate of drug-likeness (QED) is 0.177. The number of hydrogen-bond acceptors (Lipinski definition) is 7. The molecule has 3 aromatic rings. The summed E-state index contributed by atoms with van der Waals surface area (Å²) in [6.07, 6.45) is 0. The predicted octanol–water partition coefficient (Wildman–Crippen LogP) is 3.71. The second-order valence-corrected chi connectivity index (χ2v) is 7.44. The van der Waals surface area contributed by atoms with Gasteiger partial charge in [0, 0.05) is 11.3 Å². The number of benzene rings is 3. The summed E-state index contributed by atoms with van der Waals surface area (Å²) in [4.78, 5) is 36.6. The summed E-state index contributed by atoms with van der Waals surface area (Å²) in [5.74, 6) is -1.19. The summed E-state index contributed by atoms with van der Waals surface area (Å²) in [6, 6.07) is 18.4. The van der Waals surface area contributed by atoms with Gasteiger partial charge in [0.05, 0.1) is 25.5 Å². The van der Waals surface area contributed by atoms with Gasteiger partial charge in [0.2, 0.25) is 0 Å². The van der Waals surface area contributed by atoms with E-state index in [-0.39, 0.29) is 5.75 Å². The molecule has 0 fully saturated rings. The van der Waals surface area contributed by atoms with Crippen LogP contribution >= 0.6 is 0 Å². The fraction of sp³-hybridized carbons (Fsp3) is 0.154. The number of aryl methyl sites for hydroxylation is 1. The highest BCUT2D eigenvalue weighted by Crippen LogP contribution is 2.29. The van der Waals surface area contributed by atoms with Crippen molar-refractivity contribution in [3.8, 4) is 17.2 Å². The van der Waals surface area contributed by atoms with Crippen molar-refractivity contribution in [1.29, 1.82) is 0 Å². The Hall–Kier alpha value is -4.66. The number of ether oxygens (including phenoxy) is 3. The molecule has 0 saturated heterocycles. The molecule has 2 N–H and O–H groups in total. The van der Waals surface area contributed by atoms with Crippen molar-refractivity contribution in [1.82, 2.24) is 5.43 Å². The molecule has 0 aliphatic rings. The number of carbonyl (C=O) groups excluding carboxylic acids is 3. The fourth-order valence-corrected chi connectivity index (χ4v) is 2.94. The number of nitrogens with one attached hydrogen (secondary N) is 2. The van der Waals surface area contributed by atoms with Gasteiger partial charge < -0.3 is 19.5 Å². The molecule has 3 aromatic carbocycles. The van der Waals surface area contributed by atoms with Crippen LogP contribution in [0.15, 0.2) is 71.8 Å². The molecule has 3 rings (SSSR count). The van der Waals surface area contributed by atoms with Crippen molar-refractivity contribution in [2.24, 2.45) is 5.10 Å². The van der Waals surface area contributed by atoms with Crippen molar-refractivity contribution in [2.75, 3.05) is 19.5 Å². The maximum Gasteiger partial charge on any atom is 0.343 e. The largest absolute Gasteiger partial charge is 0.497 e. The van der Waals surface area contributed by atoms with Crippen molar-refractivity contribution in [3.05, 3.63) is 83.4 Å². The molecule has 0 aliphatic heterocycles. The van der Waals surface area contributed by atoms with Crippen LogP contribution in [0.1, 0.15) is 28.4 Å². The molecule has 35 heavy (non-hydrogen) atoms. The molecule has 0 aliphatic carbocycles. The van der Waals surface area contributed by atoms with E-state index >= 15 is 0 Å². The third-order valence-corrected chi connectivity index (χ3v) is 4.95. The minimum atomic E-state index is -0.915. The normalized spacial score (nSPS) is 10.8. The monoisotopic (exact) mass is 475 g/mol. The molecule has 180 valence electrons. The lowest BCUT2D eigenvalue weighted by molar-refractivity contribution is -0.136. The van der Waals surface area contributed by atoms with Gasteiger partial charge >= 0.3 is 17.8 Å². The van der Waals surface area contributed by atoms with Crippen LogP contribution in [0.4, 0.5) is 5.69 Å². The van der Waals surface area contributed by atoms with E-state index in [9.17, 15) is 14.4 Å². The summed E-state index contributed by atoms with van der Waals surface area (Å²) in [5, 5.41) is 6.48. The highest BCUT2D eigenvalue weighted by molar-refractivity contribution is 6.39. The van der Waals surface area contributed by atoms with Gasteiger partial charge in [0.25, 0.3) is 0 Å². The Kier molecular flexibility index (Phi) is 8.18. The second kappa shape index (κ2) is 11.5. The molecular formula is C26H25N3O6. The molecule has 0 atom stereocenters. The van der Waals surface area contributed by atoms with Gasteiger partial charge in [0.1, 0.15) is 5.75 Å². The lowest BCUT2D eigenvalue weighted by atomic mass is 10.1. The van der Waals surface area contributed by atoms with Gasteiger partial charge in [-0.1, -0.05) is 17.7 Å². The van der Waals surface area contributed by atoms with Crippen molar-refractivity contribution in [2.45, 2.75) is 13.8 Å². The van der Waals surface area contributed by atoms with Crippen molar-refractivity contribution >= 4 is 29.2 Å². The third-order valence-electron chi connectivity index (χ3n) is 4.95. The number of anilines is 1. The Balaban J connectivity index is 1.65. The minimum absolute atomic E-state index is 0.214. The first-order valence-corrected chi connectivity index (χ1v) is 10.6. The first kappa shape index (κ1) is 25.0. The standard InChI is InChI=1S/C26H25N3O6/c1-16-5-10-20(11-6-16)27-24(30)25(31)29-28-17(2)19-9-14-22(23(15-19)34-4)35-26(32)18-7-12-21(33-3)13-8-18/h5-15H,1-4H3,(H,27,30)(H,29,31)/b28-17+. The zero-order chi connectivity index (χ0) is 25.4. The maximum absolute atomic E-state index is 12.5. The highest BCUT2D eigenvalue weighted by atomic mass is 16.6. The molecule has 0 unspecified atom stereocenters. The lowest BCUT2D eigenvalue weighted by Gasteiger charge is -2.11. The molecule has 0 saturated carbocycles. The summed E-state index contributed by atoms with van der Waals surface area (Å²) in [5.41, 5.74) is 5.11. The first-order valence-electron chi connectivity index (χ1n) is 10.6. The zero-order valence-electron chi connectivity index (χ0n) is 19.7. The summed E-state index contributed by atoms with van der Waals surface area (Å²) < 4.78 is 15.9. The van der Waals surface area contributed by atoms with Gasteiger partial charge in [-0.15, -0.1) is 0 Å². The molecule has 2 amide bonds. The van der Waals surface area contributed by atoms with Crippen LogP contribution in [0.2, 0.25) is 0 Å². The summed E-state index contributed by atoms with van der Waals surface area (Å²) in [7, 11) is 2.98. The average Bonchev–Trinajstić information content (AvgIpc) is 2.88. The molecular weight excluding hydrogens is 450 g/mol. The number of rotatable bonds is 7. The summed E-state index contributed by atoms with van der Waals surface area (Å²) >= 11 is 0. The number of hydrazone groups is 1. The van der Waals surface area contributed by atoms with E-state index in [2.05, 4.69) is 15.8 Å². The Morgan fingerprint density at radius 3 is 2.06 bits per heavy atom. The molecule has 0 radical (unpaired) electrons. The van der Waals surface area contributed by atoms with Crippen molar-refractivity contribution < 1.29 is 28.6 Å². The van der Waals surface area contributed by atoms with E-state index < -0.39 is 17.8 Å². The number of carbonyl (C=O) groups is 3.